The van der Waals surface area contributed by atoms with E-state index < -0.39 is 36.0 Å². The summed E-state index contributed by atoms with van der Waals surface area (Å²) < 4.78 is 32.6. The second-order valence-corrected chi connectivity index (χ2v) is 6.58. The number of aromatic nitrogens is 2. The van der Waals surface area contributed by atoms with E-state index in [1.807, 2.05) is 0 Å². The van der Waals surface area contributed by atoms with Crippen molar-refractivity contribution in [1.82, 2.24) is 9.97 Å². The van der Waals surface area contributed by atoms with Crippen molar-refractivity contribution in [3.63, 3.8) is 0 Å². The standard InChI is InChI=1S/C21H17F2N5O5/c1-28(21(31)32)17-9-20(25-11-24-17)33-16-7-6-14(8-15(16)23)27-19(30)10-18(29)26-13-4-2-12(22)3-5-13/h2-9,11H,10H2,1H3,(H,26,29)(H,27,30)(H,31,32). The molecule has 33 heavy (non-hydrogen) atoms. The Hall–Kier alpha value is -4.61. The molecule has 2 aromatic carbocycles. The zero-order valence-corrected chi connectivity index (χ0v) is 17.1. The zero-order chi connectivity index (χ0) is 24.0. The Morgan fingerprint density at radius 1 is 0.970 bits per heavy atom. The molecule has 3 rings (SSSR count). The van der Waals surface area contributed by atoms with Crippen LogP contribution in [0.15, 0.2) is 54.9 Å². The Morgan fingerprint density at radius 2 is 1.61 bits per heavy atom. The second kappa shape index (κ2) is 10.1. The van der Waals surface area contributed by atoms with Crippen LogP contribution in [0.3, 0.4) is 0 Å². The fraction of sp³-hybridized carbons (Fsp3) is 0.0952. The molecule has 0 aliphatic heterocycles. The molecule has 0 unspecified atom stereocenters. The van der Waals surface area contributed by atoms with Crippen molar-refractivity contribution in [1.29, 1.82) is 0 Å². The van der Waals surface area contributed by atoms with Gasteiger partial charge in [0.2, 0.25) is 17.7 Å². The maximum Gasteiger partial charge on any atom is 0.412 e. The van der Waals surface area contributed by atoms with Crippen LogP contribution < -0.4 is 20.3 Å². The van der Waals surface area contributed by atoms with E-state index in [0.717, 1.165) is 29.4 Å². The molecule has 0 fully saturated rings. The van der Waals surface area contributed by atoms with Crippen molar-refractivity contribution in [2.75, 3.05) is 22.6 Å². The van der Waals surface area contributed by atoms with E-state index >= 15 is 0 Å². The fourth-order valence-electron chi connectivity index (χ4n) is 2.53. The third-order valence-electron chi connectivity index (χ3n) is 4.14. The van der Waals surface area contributed by atoms with Crippen LogP contribution >= 0.6 is 0 Å². The van der Waals surface area contributed by atoms with E-state index in [1.54, 1.807) is 0 Å². The van der Waals surface area contributed by atoms with E-state index in [-0.39, 0.29) is 23.1 Å². The smallest absolute Gasteiger partial charge is 0.412 e. The van der Waals surface area contributed by atoms with Crippen LogP contribution in [0, 0.1) is 11.6 Å². The number of halogens is 2. The van der Waals surface area contributed by atoms with E-state index in [1.165, 1.54) is 37.4 Å². The van der Waals surface area contributed by atoms with Gasteiger partial charge in [0.1, 0.15) is 24.4 Å². The van der Waals surface area contributed by atoms with Crippen molar-refractivity contribution >= 4 is 35.1 Å². The Labute approximate surface area is 185 Å². The van der Waals surface area contributed by atoms with Gasteiger partial charge in [-0.25, -0.2) is 23.5 Å². The van der Waals surface area contributed by atoms with E-state index in [9.17, 15) is 23.2 Å². The van der Waals surface area contributed by atoms with Crippen molar-refractivity contribution < 1.29 is 33.0 Å². The minimum atomic E-state index is -1.25. The molecule has 170 valence electrons. The number of rotatable bonds is 7. The first-order valence-electron chi connectivity index (χ1n) is 9.32. The van der Waals surface area contributed by atoms with Gasteiger partial charge in [-0.05, 0) is 36.4 Å². The van der Waals surface area contributed by atoms with Gasteiger partial charge in [0.25, 0.3) is 0 Å². The molecule has 0 aliphatic rings. The summed E-state index contributed by atoms with van der Waals surface area (Å²) in [4.78, 5) is 43.4. The van der Waals surface area contributed by atoms with Gasteiger partial charge in [-0.2, -0.15) is 0 Å². The topological polar surface area (TPSA) is 134 Å². The third kappa shape index (κ3) is 6.43. The first-order chi connectivity index (χ1) is 15.7. The number of benzene rings is 2. The summed E-state index contributed by atoms with van der Waals surface area (Å²) in [6.45, 7) is 0. The van der Waals surface area contributed by atoms with Gasteiger partial charge in [-0.3, -0.25) is 14.5 Å². The van der Waals surface area contributed by atoms with E-state index in [2.05, 4.69) is 20.6 Å². The highest BCUT2D eigenvalue weighted by Gasteiger charge is 2.15. The normalized spacial score (nSPS) is 10.3. The Bertz CT molecular complexity index is 1190. The molecule has 12 heteroatoms. The first-order valence-corrected chi connectivity index (χ1v) is 9.32. The highest BCUT2D eigenvalue weighted by molar-refractivity contribution is 6.08. The van der Waals surface area contributed by atoms with Gasteiger partial charge < -0.3 is 20.5 Å². The molecule has 1 aromatic heterocycles. The molecular weight excluding hydrogens is 440 g/mol. The number of carboxylic acid groups (broad SMARTS) is 1. The van der Waals surface area contributed by atoms with Crippen LogP contribution in [0.4, 0.5) is 30.8 Å². The summed E-state index contributed by atoms with van der Waals surface area (Å²) in [5.74, 6) is -2.94. The summed E-state index contributed by atoms with van der Waals surface area (Å²) in [5.41, 5.74) is 0.401. The number of carbonyl (C=O) groups is 3. The molecule has 10 nitrogen and oxygen atoms in total. The third-order valence-corrected chi connectivity index (χ3v) is 4.14. The van der Waals surface area contributed by atoms with Crippen LogP contribution in [0.1, 0.15) is 6.42 Å². The van der Waals surface area contributed by atoms with Gasteiger partial charge in [-0.1, -0.05) is 0 Å². The number of anilines is 3. The number of amides is 3. The lowest BCUT2D eigenvalue weighted by Gasteiger charge is -2.13. The van der Waals surface area contributed by atoms with Crippen molar-refractivity contribution in [2.45, 2.75) is 6.42 Å². The van der Waals surface area contributed by atoms with Gasteiger partial charge >= 0.3 is 6.09 Å². The van der Waals surface area contributed by atoms with Gasteiger partial charge in [0, 0.05) is 30.6 Å². The summed E-state index contributed by atoms with van der Waals surface area (Å²) in [6.07, 6.45) is -0.733. The molecule has 0 saturated carbocycles. The summed E-state index contributed by atoms with van der Waals surface area (Å²) in [5, 5.41) is 13.8. The van der Waals surface area contributed by atoms with Crippen LogP contribution in [-0.2, 0) is 9.59 Å². The van der Waals surface area contributed by atoms with Gasteiger partial charge in [0.05, 0.1) is 0 Å². The predicted octanol–water partition coefficient (Wildman–Crippen LogP) is 3.63. The van der Waals surface area contributed by atoms with Crippen LogP contribution in [-0.4, -0.2) is 40.0 Å². The number of carbonyl (C=O) groups excluding carboxylic acids is 2. The maximum absolute atomic E-state index is 14.4. The number of hydrogen-bond donors (Lipinski definition) is 3. The quantitative estimate of drug-likeness (QED) is 0.461. The highest BCUT2D eigenvalue weighted by Crippen LogP contribution is 2.27. The molecule has 0 bridgehead atoms. The Kier molecular flexibility index (Phi) is 7.08. The average Bonchev–Trinajstić information content (AvgIpc) is 2.76. The van der Waals surface area contributed by atoms with Crippen LogP contribution in [0.25, 0.3) is 0 Å². The molecule has 0 radical (unpaired) electrons. The predicted molar refractivity (Wildman–Crippen MR) is 113 cm³/mol. The van der Waals surface area contributed by atoms with E-state index in [4.69, 9.17) is 9.84 Å². The molecule has 3 amide bonds. The number of nitrogens with one attached hydrogen (secondary N) is 2. The van der Waals surface area contributed by atoms with Gasteiger partial charge in [-0.15, -0.1) is 0 Å². The molecule has 1 heterocycles. The number of ether oxygens (including phenoxy) is 1. The second-order valence-electron chi connectivity index (χ2n) is 6.58. The molecular formula is C21H17F2N5O5. The Morgan fingerprint density at radius 3 is 2.24 bits per heavy atom. The lowest BCUT2D eigenvalue weighted by molar-refractivity contribution is -0.123. The van der Waals surface area contributed by atoms with Gasteiger partial charge in [0.15, 0.2) is 11.6 Å². The summed E-state index contributed by atoms with van der Waals surface area (Å²) in [7, 11) is 1.27. The van der Waals surface area contributed by atoms with Crippen molar-refractivity contribution in [2.24, 2.45) is 0 Å². The summed E-state index contributed by atoms with van der Waals surface area (Å²) in [6, 6.07) is 9.79. The molecule has 0 atom stereocenters. The SMILES string of the molecule is CN(C(=O)O)c1cc(Oc2ccc(NC(=O)CC(=O)Nc3ccc(F)cc3)cc2F)ncn1. The number of nitrogens with zero attached hydrogens (tertiary/aromatic N) is 3. The van der Waals surface area contributed by atoms with Crippen molar-refractivity contribution in [3.05, 3.63) is 66.5 Å². The van der Waals surface area contributed by atoms with Crippen LogP contribution in [0.2, 0.25) is 0 Å². The molecule has 3 N–H and O–H groups in total. The minimum Gasteiger partial charge on any atom is -0.465 e. The highest BCUT2D eigenvalue weighted by atomic mass is 19.1. The maximum atomic E-state index is 14.4. The lowest BCUT2D eigenvalue weighted by Crippen LogP contribution is -2.24. The first kappa shape index (κ1) is 23.1. The fourth-order valence-corrected chi connectivity index (χ4v) is 2.53. The molecule has 3 aromatic rings. The van der Waals surface area contributed by atoms with Crippen LogP contribution in [0.5, 0.6) is 11.6 Å². The Balaban J connectivity index is 1.59. The van der Waals surface area contributed by atoms with Crippen molar-refractivity contribution in [3.8, 4) is 11.6 Å². The largest absolute Gasteiger partial charge is 0.465 e. The average molecular weight is 457 g/mol. The molecule has 0 aliphatic carbocycles. The molecule has 0 saturated heterocycles. The monoisotopic (exact) mass is 457 g/mol. The number of hydrogen-bond acceptors (Lipinski definition) is 6. The van der Waals surface area contributed by atoms with E-state index in [0.29, 0.717) is 5.69 Å². The zero-order valence-electron chi connectivity index (χ0n) is 17.1. The molecule has 0 spiro atoms. The minimum absolute atomic E-state index is 0.0238. The summed E-state index contributed by atoms with van der Waals surface area (Å²) >= 11 is 0. The lowest BCUT2D eigenvalue weighted by atomic mass is 10.2.